The van der Waals surface area contributed by atoms with Gasteiger partial charge in [0.1, 0.15) is 5.82 Å². The van der Waals surface area contributed by atoms with Gasteiger partial charge in [-0.25, -0.2) is 4.39 Å². The van der Waals surface area contributed by atoms with Crippen LogP contribution in [0.4, 0.5) is 4.39 Å². The Morgan fingerprint density at radius 3 is 2.67 bits per heavy atom. The van der Waals surface area contributed by atoms with Crippen molar-refractivity contribution >= 4 is 5.78 Å². The van der Waals surface area contributed by atoms with Crippen molar-refractivity contribution in [3.8, 4) is 6.07 Å². The number of nitriles is 1. The van der Waals surface area contributed by atoms with E-state index in [0.29, 0.717) is 12.1 Å². The SMILES string of the molecule is N#C[C@H](C(=O)c1cnn(Cc2ccccc2)c1)c1ccc(F)cn1. The summed E-state index contributed by atoms with van der Waals surface area (Å²) in [6.45, 7) is 0.528. The van der Waals surface area contributed by atoms with Gasteiger partial charge in [-0.05, 0) is 17.7 Å². The zero-order chi connectivity index (χ0) is 16.9. The molecule has 0 radical (unpaired) electrons. The Morgan fingerprint density at radius 1 is 1.21 bits per heavy atom. The number of Topliss-reactive ketones (excluding diaryl/α,β-unsaturated/α-hetero) is 1. The number of hydrogen-bond donors (Lipinski definition) is 0. The molecule has 0 aliphatic rings. The van der Waals surface area contributed by atoms with Crippen LogP contribution in [0.2, 0.25) is 0 Å². The summed E-state index contributed by atoms with van der Waals surface area (Å²) >= 11 is 0. The number of halogens is 1. The second kappa shape index (κ2) is 6.84. The van der Waals surface area contributed by atoms with Crippen molar-refractivity contribution in [1.29, 1.82) is 5.26 Å². The molecule has 0 N–H and O–H groups in total. The van der Waals surface area contributed by atoms with Crippen LogP contribution in [0.25, 0.3) is 0 Å². The van der Waals surface area contributed by atoms with Crippen molar-refractivity contribution in [2.45, 2.75) is 12.5 Å². The Labute approximate surface area is 138 Å². The number of hydrogen-bond acceptors (Lipinski definition) is 4. The van der Waals surface area contributed by atoms with Crippen molar-refractivity contribution in [3.05, 3.63) is 83.7 Å². The molecule has 5 nitrogen and oxygen atoms in total. The average molecular weight is 320 g/mol. The maximum Gasteiger partial charge on any atom is 0.189 e. The van der Waals surface area contributed by atoms with Gasteiger partial charge in [0, 0.05) is 6.20 Å². The number of carbonyl (C=O) groups excluding carboxylic acids is 1. The number of nitrogens with zero attached hydrogens (tertiary/aromatic N) is 4. The van der Waals surface area contributed by atoms with Gasteiger partial charge in [0.25, 0.3) is 0 Å². The smallest absolute Gasteiger partial charge is 0.189 e. The van der Waals surface area contributed by atoms with Crippen LogP contribution in [0.1, 0.15) is 27.5 Å². The van der Waals surface area contributed by atoms with Gasteiger partial charge in [-0.2, -0.15) is 10.4 Å². The third-order valence-corrected chi connectivity index (χ3v) is 3.54. The molecule has 0 saturated heterocycles. The topological polar surface area (TPSA) is 71.6 Å². The molecule has 0 bridgehead atoms. The third-order valence-electron chi connectivity index (χ3n) is 3.54. The molecule has 24 heavy (non-hydrogen) atoms. The summed E-state index contributed by atoms with van der Waals surface area (Å²) in [5.41, 5.74) is 1.60. The molecule has 0 aliphatic heterocycles. The van der Waals surface area contributed by atoms with E-state index in [-0.39, 0.29) is 5.69 Å². The Kier molecular flexibility index (Phi) is 4.43. The van der Waals surface area contributed by atoms with E-state index < -0.39 is 17.5 Å². The van der Waals surface area contributed by atoms with E-state index in [4.69, 9.17) is 0 Å². The molecule has 1 atom stereocenters. The fourth-order valence-electron chi connectivity index (χ4n) is 2.33. The normalized spacial score (nSPS) is 11.7. The molecule has 0 saturated carbocycles. The van der Waals surface area contributed by atoms with Crippen molar-refractivity contribution in [2.24, 2.45) is 0 Å². The lowest BCUT2D eigenvalue weighted by molar-refractivity contribution is 0.0977. The molecule has 0 spiro atoms. The Bertz CT molecular complexity index is 881. The standard InChI is InChI=1S/C18H13FN4O/c19-15-6-7-17(21-10-15)16(8-20)18(24)14-9-22-23(12-14)11-13-4-2-1-3-5-13/h1-7,9-10,12,16H,11H2/t16-/m0/s1. The van der Waals surface area contributed by atoms with Gasteiger partial charge in [-0.1, -0.05) is 30.3 Å². The van der Waals surface area contributed by atoms with Crippen molar-refractivity contribution in [1.82, 2.24) is 14.8 Å². The number of ketones is 1. The lowest BCUT2D eigenvalue weighted by Gasteiger charge is -2.06. The molecule has 118 valence electrons. The number of aromatic nitrogens is 3. The largest absolute Gasteiger partial charge is 0.292 e. The highest BCUT2D eigenvalue weighted by molar-refractivity contribution is 6.02. The summed E-state index contributed by atoms with van der Waals surface area (Å²) in [7, 11) is 0. The van der Waals surface area contributed by atoms with Gasteiger partial charge >= 0.3 is 0 Å². The number of carbonyl (C=O) groups is 1. The van der Waals surface area contributed by atoms with Gasteiger partial charge in [0.2, 0.25) is 0 Å². The maximum atomic E-state index is 12.9. The van der Waals surface area contributed by atoms with Gasteiger partial charge in [-0.3, -0.25) is 14.5 Å². The highest BCUT2D eigenvalue weighted by Crippen LogP contribution is 2.19. The lowest BCUT2D eigenvalue weighted by Crippen LogP contribution is -2.12. The van der Waals surface area contributed by atoms with E-state index >= 15 is 0 Å². The fourth-order valence-corrected chi connectivity index (χ4v) is 2.33. The summed E-state index contributed by atoms with van der Waals surface area (Å²) in [4.78, 5) is 16.3. The zero-order valence-corrected chi connectivity index (χ0v) is 12.6. The Morgan fingerprint density at radius 2 is 2.00 bits per heavy atom. The molecule has 2 heterocycles. The van der Waals surface area contributed by atoms with E-state index in [1.807, 2.05) is 36.4 Å². The van der Waals surface area contributed by atoms with Crippen LogP contribution in [0.3, 0.4) is 0 Å². The first-order valence-electron chi connectivity index (χ1n) is 7.29. The zero-order valence-electron chi connectivity index (χ0n) is 12.6. The fraction of sp³-hybridized carbons (Fsp3) is 0.111. The lowest BCUT2D eigenvalue weighted by atomic mass is 9.97. The van der Waals surface area contributed by atoms with Crippen LogP contribution < -0.4 is 0 Å². The minimum atomic E-state index is -1.08. The molecule has 6 heteroatoms. The van der Waals surface area contributed by atoms with E-state index in [9.17, 15) is 14.4 Å². The molecular formula is C18H13FN4O. The molecule has 3 aromatic rings. The van der Waals surface area contributed by atoms with E-state index in [1.165, 1.54) is 18.3 Å². The monoisotopic (exact) mass is 320 g/mol. The first-order valence-corrected chi connectivity index (χ1v) is 7.29. The summed E-state index contributed by atoms with van der Waals surface area (Å²) < 4.78 is 14.6. The predicted octanol–water partition coefficient (Wildman–Crippen LogP) is 2.96. The molecule has 0 aliphatic carbocycles. The van der Waals surface area contributed by atoms with Gasteiger partial charge < -0.3 is 0 Å². The highest BCUT2D eigenvalue weighted by Gasteiger charge is 2.24. The van der Waals surface area contributed by atoms with Crippen molar-refractivity contribution in [2.75, 3.05) is 0 Å². The average Bonchev–Trinajstić information content (AvgIpc) is 3.06. The predicted molar refractivity (Wildman–Crippen MR) is 84.7 cm³/mol. The van der Waals surface area contributed by atoms with Crippen LogP contribution in [-0.2, 0) is 6.54 Å². The van der Waals surface area contributed by atoms with Gasteiger partial charge in [0.05, 0.1) is 36.3 Å². The van der Waals surface area contributed by atoms with Crippen molar-refractivity contribution < 1.29 is 9.18 Å². The molecule has 0 unspecified atom stereocenters. The molecule has 2 aromatic heterocycles. The minimum absolute atomic E-state index is 0.222. The van der Waals surface area contributed by atoms with E-state index in [1.54, 1.807) is 10.9 Å². The summed E-state index contributed by atoms with van der Waals surface area (Å²) in [5, 5.41) is 13.5. The summed E-state index contributed by atoms with van der Waals surface area (Å²) in [6.07, 6.45) is 4.02. The Balaban J connectivity index is 1.79. The quantitative estimate of drug-likeness (QED) is 0.678. The van der Waals surface area contributed by atoms with Crippen LogP contribution in [0.15, 0.2) is 61.1 Å². The first kappa shape index (κ1) is 15.6. The molecule has 1 aromatic carbocycles. The second-order valence-electron chi connectivity index (χ2n) is 5.24. The third kappa shape index (κ3) is 3.36. The van der Waals surface area contributed by atoms with Crippen LogP contribution >= 0.6 is 0 Å². The van der Waals surface area contributed by atoms with Crippen LogP contribution in [-0.4, -0.2) is 20.5 Å². The summed E-state index contributed by atoms with van der Waals surface area (Å²) in [5.74, 6) is -2.01. The number of rotatable bonds is 5. The van der Waals surface area contributed by atoms with Gasteiger partial charge in [-0.15, -0.1) is 0 Å². The molecule has 0 fully saturated rings. The summed E-state index contributed by atoms with van der Waals surface area (Å²) in [6, 6.07) is 14.1. The van der Waals surface area contributed by atoms with Crippen LogP contribution in [0.5, 0.6) is 0 Å². The minimum Gasteiger partial charge on any atom is -0.292 e. The first-order chi connectivity index (χ1) is 11.7. The van der Waals surface area contributed by atoms with E-state index in [2.05, 4.69) is 10.1 Å². The number of benzene rings is 1. The van der Waals surface area contributed by atoms with Crippen LogP contribution in [0, 0.1) is 17.1 Å². The molecule has 3 rings (SSSR count). The number of pyridine rings is 1. The maximum absolute atomic E-state index is 12.9. The van der Waals surface area contributed by atoms with E-state index in [0.717, 1.165) is 11.8 Å². The second-order valence-corrected chi connectivity index (χ2v) is 5.24. The van der Waals surface area contributed by atoms with Gasteiger partial charge in [0.15, 0.2) is 11.7 Å². The Hall–Kier alpha value is -3.33. The molecule has 0 amide bonds. The highest BCUT2D eigenvalue weighted by atomic mass is 19.1. The van der Waals surface area contributed by atoms with Crippen molar-refractivity contribution in [3.63, 3.8) is 0 Å². The molecular weight excluding hydrogens is 307 g/mol.